The molecule has 0 spiro atoms. The van der Waals surface area contributed by atoms with Crippen LogP contribution in [0.5, 0.6) is 0 Å². The van der Waals surface area contributed by atoms with Crippen LogP contribution in [0.15, 0.2) is 48.3 Å². The molecule has 286 valence electrons. The molecule has 0 aromatic carbocycles. The smallest absolute Gasteiger partial charge is 0.485 e. The third-order valence-corrected chi connectivity index (χ3v) is 12.6. The highest BCUT2D eigenvalue weighted by Gasteiger charge is 2.60. The van der Waals surface area contributed by atoms with Crippen LogP contribution < -0.4 is 4.57 Å². The van der Waals surface area contributed by atoms with E-state index in [4.69, 9.17) is 22.4 Å². The Kier molecular flexibility index (Phi) is 11.9. The number of hydrogen-bond donors (Lipinski definition) is 1. The van der Waals surface area contributed by atoms with Crippen LogP contribution in [0.1, 0.15) is 43.8 Å². The molecular weight excluding hydrogens is 750 g/mol. The minimum atomic E-state index is -6.09. The number of carbonyl (C=O) groups is 3. The fourth-order valence-corrected chi connectivity index (χ4v) is 9.58. The first-order valence-corrected chi connectivity index (χ1v) is 19.7. The fourth-order valence-electron chi connectivity index (χ4n) is 6.86. The standard InChI is InChI=1S/C32H41N4O6S2.CHF3O3S/c1-6-10-41-31(39)28-29(18(3)27-26(19(4)37)30(38)36(27)28)44-24-13-22(35(16-24)32(40)42-11-7-2)12-23-15-34-20(5)33(14-21-8-9-21)17-25(34)43-23;2-1(3,4)8(5,6)7/h6-7,15,17-19,21-22,24,26-27,37H,1-2,8-14,16H2,3-5H3;(H,5,6,7)/q+1;/p-1/t18-,19-,22-,24+,26-,27-;/m1./s1. The zero-order chi connectivity index (χ0) is 38.3. The van der Waals surface area contributed by atoms with Gasteiger partial charge in [-0.3, -0.25) is 4.79 Å². The van der Waals surface area contributed by atoms with Crippen LogP contribution in [-0.2, 0) is 42.1 Å². The second-order valence-corrected chi connectivity index (χ2v) is 17.1. The molecule has 2 saturated heterocycles. The Labute approximate surface area is 307 Å². The molecule has 2 aromatic heterocycles. The van der Waals surface area contributed by atoms with Gasteiger partial charge in [0.2, 0.25) is 10.7 Å². The quantitative estimate of drug-likeness (QED) is 0.0834. The summed E-state index contributed by atoms with van der Waals surface area (Å²) >= 11 is 3.29. The lowest BCUT2D eigenvalue weighted by molar-refractivity contribution is -0.704. The van der Waals surface area contributed by atoms with Crippen molar-refractivity contribution in [3.8, 4) is 0 Å². The zero-order valence-corrected chi connectivity index (χ0v) is 31.2. The average molecular weight is 791 g/mol. The van der Waals surface area contributed by atoms with Crippen molar-refractivity contribution in [3.05, 3.63) is 59.0 Å². The summed E-state index contributed by atoms with van der Waals surface area (Å²) in [4.78, 5) is 46.0. The summed E-state index contributed by atoms with van der Waals surface area (Å²) in [6.45, 7) is 14.7. The number of thioether (sulfide) groups is 1. The molecule has 2 amide bonds. The molecule has 0 unspecified atom stereocenters. The molecule has 1 saturated carbocycles. The molecular formula is C33H41F3N4O9S3. The number of aliphatic hydroxyl groups is 1. The normalized spacial score (nSPS) is 25.0. The number of aromatic nitrogens is 2. The number of fused-ring (bicyclic) bond motifs is 2. The number of aryl methyl sites for hydroxylation is 1. The second kappa shape index (κ2) is 15.5. The van der Waals surface area contributed by atoms with Crippen molar-refractivity contribution in [2.24, 2.45) is 17.8 Å². The van der Waals surface area contributed by atoms with Gasteiger partial charge in [0.05, 0.1) is 29.5 Å². The molecule has 5 heterocycles. The molecule has 0 bridgehead atoms. The van der Waals surface area contributed by atoms with Crippen molar-refractivity contribution in [2.75, 3.05) is 19.8 Å². The lowest BCUT2D eigenvalue weighted by Gasteiger charge is -2.46. The van der Waals surface area contributed by atoms with Crippen molar-refractivity contribution in [3.63, 3.8) is 0 Å². The zero-order valence-electron chi connectivity index (χ0n) is 28.8. The Bertz CT molecular complexity index is 1870. The van der Waals surface area contributed by atoms with Crippen molar-refractivity contribution in [1.82, 2.24) is 14.2 Å². The average Bonchev–Trinajstić information content (AvgIpc) is 3.43. The van der Waals surface area contributed by atoms with Crippen molar-refractivity contribution < 1.29 is 59.7 Å². The van der Waals surface area contributed by atoms with E-state index in [2.05, 4.69) is 41.4 Å². The third kappa shape index (κ3) is 8.22. The molecule has 1 aliphatic carbocycles. The van der Waals surface area contributed by atoms with Gasteiger partial charge in [-0.25, -0.2) is 22.6 Å². The number of thiazole rings is 1. The predicted octanol–water partition coefficient (Wildman–Crippen LogP) is 3.90. The van der Waals surface area contributed by atoms with Crippen LogP contribution >= 0.6 is 23.1 Å². The summed E-state index contributed by atoms with van der Waals surface area (Å²) in [5.41, 5.74) is -5.39. The van der Waals surface area contributed by atoms with Gasteiger partial charge in [0.1, 0.15) is 31.3 Å². The van der Waals surface area contributed by atoms with E-state index in [1.54, 1.807) is 41.0 Å². The van der Waals surface area contributed by atoms with Crippen molar-refractivity contribution >= 4 is 56.0 Å². The molecule has 19 heteroatoms. The number of alkyl halides is 3. The van der Waals surface area contributed by atoms with Crippen LogP contribution in [0, 0.1) is 24.7 Å². The predicted molar refractivity (Wildman–Crippen MR) is 184 cm³/mol. The SMILES string of the molecule is C=CCOC(=O)C1=C(S[C@H]2C[C@@H](Cc3cn4c(C)[n+](CC5CC5)cc4s3)N(C(=O)OCC=C)C2)[C@H](C)[C@@H]2[C@@H]([C@@H](C)O)C(=O)N12.O=S(=O)([O-])C(F)(F)F. The van der Waals surface area contributed by atoms with E-state index in [1.807, 2.05) is 6.92 Å². The molecule has 52 heavy (non-hydrogen) atoms. The molecule has 0 radical (unpaired) electrons. The van der Waals surface area contributed by atoms with Gasteiger partial charge in [-0.15, -0.1) is 11.8 Å². The van der Waals surface area contributed by atoms with Crippen LogP contribution in [0.3, 0.4) is 0 Å². The number of nitrogens with zero attached hydrogens (tertiary/aromatic N) is 4. The van der Waals surface area contributed by atoms with Gasteiger partial charge in [-0.1, -0.05) is 43.6 Å². The maximum atomic E-state index is 13.2. The number of halogens is 3. The number of hydrogen-bond acceptors (Lipinski definition) is 11. The number of carbonyl (C=O) groups excluding carboxylic acids is 3. The Morgan fingerprint density at radius 2 is 1.87 bits per heavy atom. The maximum absolute atomic E-state index is 13.2. The molecule has 3 aliphatic heterocycles. The molecule has 4 aliphatic rings. The Balaban J connectivity index is 0.000000587. The van der Waals surface area contributed by atoms with Gasteiger partial charge in [0.25, 0.3) is 5.82 Å². The topological polar surface area (TPSA) is 162 Å². The lowest BCUT2D eigenvalue weighted by atomic mass is 9.79. The monoisotopic (exact) mass is 790 g/mol. The van der Waals surface area contributed by atoms with E-state index in [0.29, 0.717) is 19.4 Å². The number of amides is 2. The minimum Gasteiger partial charge on any atom is -0.741 e. The number of likely N-dealkylation sites (tertiary alicyclic amines) is 1. The van der Waals surface area contributed by atoms with Crippen molar-refractivity contribution in [2.45, 2.75) is 81.9 Å². The first kappa shape index (κ1) is 39.8. The Morgan fingerprint density at radius 3 is 2.42 bits per heavy atom. The van der Waals surface area contributed by atoms with E-state index in [0.717, 1.165) is 17.4 Å². The summed E-state index contributed by atoms with van der Waals surface area (Å²) in [5, 5.41) is 10.3. The summed E-state index contributed by atoms with van der Waals surface area (Å²) in [6.07, 6.45) is 10.3. The fraction of sp³-hybridized carbons (Fsp3) is 0.576. The Hall–Kier alpha value is -3.39. The number of rotatable bonds is 12. The van der Waals surface area contributed by atoms with E-state index in [1.165, 1.54) is 39.3 Å². The molecule has 1 N–H and O–H groups in total. The van der Waals surface area contributed by atoms with E-state index in [-0.39, 0.29) is 54.2 Å². The van der Waals surface area contributed by atoms with Crippen LogP contribution in [-0.4, -0.2) is 99.0 Å². The highest BCUT2D eigenvalue weighted by Crippen LogP contribution is 2.52. The summed E-state index contributed by atoms with van der Waals surface area (Å²) in [5.74, 6) is 0.447. The molecule has 2 aromatic rings. The summed E-state index contributed by atoms with van der Waals surface area (Å²) in [7, 11) is -6.09. The van der Waals surface area contributed by atoms with Gasteiger partial charge >= 0.3 is 17.6 Å². The van der Waals surface area contributed by atoms with Gasteiger partial charge in [0, 0.05) is 42.0 Å². The van der Waals surface area contributed by atoms with E-state index < -0.39 is 33.6 Å². The van der Waals surface area contributed by atoms with Crippen LogP contribution in [0.25, 0.3) is 4.83 Å². The molecule has 3 fully saturated rings. The highest BCUT2D eigenvalue weighted by molar-refractivity contribution is 8.03. The van der Waals surface area contributed by atoms with Gasteiger partial charge in [0.15, 0.2) is 10.1 Å². The number of esters is 1. The van der Waals surface area contributed by atoms with Crippen LogP contribution in [0.2, 0.25) is 0 Å². The number of β-lactam (4-membered cyclic amide) rings is 1. The van der Waals surface area contributed by atoms with E-state index >= 15 is 0 Å². The lowest BCUT2D eigenvalue weighted by Crippen LogP contribution is -2.63. The Morgan fingerprint density at radius 1 is 1.23 bits per heavy atom. The summed E-state index contributed by atoms with van der Waals surface area (Å²) in [6, 6.07) is -0.396. The summed E-state index contributed by atoms with van der Waals surface area (Å²) < 4.78 is 74.4. The largest absolute Gasteiger partial charge is 0.741 e. The minimum absolute atomic E-state index is 0.0249. The maximum Gasteiger partial charge on any atom is 0.485 e. The molecule has 13 nitrogen and oxygen atoms in total. The first-order valence-electron chi connectivity index (χ1n) is 16.6. The molecule has 6 atom stereocenters. The van der Waals surface area contributed by atoms with E-state index in [9.17, 15) is 32.7 Å². The van der Waals surface area contributed by atoms with Gasteiger partial charge in [-0.05, 0) is 32.1 Å². The first-order chi connectivity index (χ1) is 24.4. The number of ether oxygens (including phenoxy) is 2. The van der Waals surface area contributed by atoms with Gasteiger partial charge in [-0.2, -0.15) is 17.6 Å². The highest BCUT2D eigenvalue weighted by atomic mass is 32.2. The number of imidazole rings is 1. The van der Waals surface area contributed by atoms with Crippen LogP contribution in [0.4, 0.5) is 18.0 Å². The third-order valence-electron chi connectivity index (χ3n) is 9.51. The van der Waals surface area contributed by atoms with Gasteiger partial charge < -0.3 is 28.9 Å². The second-order valence-electron chi connectivity index (χ2n) is 13.3. The molecule has 6 rings (SSSR count). The van der Waals surface area contributed by atoms with Crippen molar-refractivity contribution in [1.29, 1.82) is 0 Å². The number of aliphatic hydroxyl groups excluding tert-OH is 1.